The second-order valence-electron chi connectivity index (χ2n) is 7.09. The van der Waals surface area contributed by atoms with Crippen LogP contribution >= 0.6 is 0 Å². The van der Waals surface area contributed by atoms with Crippen LogP contribution in [0.4, 0.5) is 0 Å². The summed E-state index contributed by atoms with van der Waals surface area (Å²) in [6.07, 6.45) is 4.17. The average Bonchev–Trinajstić information content (AvgIpc) is 3.37. The van der Waals surface area contributed by atoms with Crippen LogP contribution in [0.25, 0.3) is 0 Å². The molecule has 2 aliphatic rings. The molecule has 26 heavy (non-hydrogen) atoms. The molecule has 0 bridgehead atoms. The smallest absolute Gasteiger partial charge is 0.290 e. The fourth-order valence-electron chi connectivity index (χ4n) is 3.66. The van der Waals surface area contributed by atoms with E-state index in [1.807, 2.05) is 24.3 Å². The first-order chi connectivity index (χ1) is 12.7. The Morgan fingerprint density at radius 3 is 2.62 bits per heavy atom. The maximum Gasteiger partial charge on any atom is 0.290 e. The van der Waals surface area contributed by atoms with Gasteiger partial charge in [0, 0.05) is 25.6 Å². The van der Waals surface area contributed by atoms with Gasteiger partial charge in [0.15, 0.2) is 5.76 Å². The molecule has 6 nitrogen and oxygen atoms in total. The number of fused-ring (bicyclic) bond motifs is 1. The highest BCUT2D eigenvalue weighted by molar-refractivity contribution is 5.96. The second kappa shape index (κ2) is 6.96. The number of nitrogens with zero attached hydrogens (tertiary/aromatic N) is 1. The first kappa shape index (κ1) is 16.8. The number of carbonyl (C=O) groups excluding carboxylic acids is 2. The van der Waals surface area contributed by atoms with E-state index >= 15 is 0 Å². The van der Waals surface area contributed by atoms with E-state index in [2.05, 4.69) is 5.32 Å². The molecule has 2 heterocycles. The molecule has 1 aromatic carbocycles. The van der Waals surface area contributed by atoms with Crippen molar-refractivity contribution in [1.82, 2.24) is 10.2 Å². The SMILES string of the molecule is NCC(NC(=O)C1Cc2ccccc2CN1C(=O)c1ccco1)C1CC1. The third-order valence-corrected chi connectivity index (χ3v) is 5.32. The Balaban J connectivity index is 1.60. The van der Waals surface area contributed by atoms with Crippen molar-refractivity contribution in [2.24, 2.45) is 11.7 Å². The topological polar surface area (TPSA) is 88.6 Å². The predicted octanol–water partition coefficient (Wildman–Crippen LogP) is 1.70. The van der Waals surface area contributed by atoms with Gasteiger partial charge >= 0.3 is 0 Å². The molecule has 2 aromatic rings. The molecular weight excluding hydrogens is 330 g/mol. The van der Waals surface area contributed by atoms with Crippen LogP contribution in [0, 0.1) is 5.92 Å². The van der Waals surface area contributed by atoms with Crippen LogP contribution in [-0.2, 0) is 17.8 Å². The first-order valence-corrected chi connectivity index (χ1v) is 9.09. The van der Waals surface area contributed by atoms with Crippen LogP contribution in [0.1, 0.15) is 34.5 Å². The van der Waals surface area contributed by atoms with E-state index in [1.165, 1.54) is 6.26 Å². The number of furan rings is 1. The van der Waals surface area contributed by atoms with Crippen molar-refractivity contribution >= 4 is 11.8 Å². The molecule has 1 saturated carbocycles. The summed E-state index contributed by atoms with van der Waals surface area (Å²) in [5.74, 6) is 0.316. The van der Waals surface area contributed by atoms with Crippen molar-refractivity contribution in [3.8, 4) is 0 Å². The number of nitrogens with one attached hydrogen (secondary N) is 1. The Kier molecular flexibility index (Phi) is 4.51. The van der Waals surface area contributed by atoms with E-state index in [9.17, 15) is 9.59 Å². The molecular formula is C20H23N3O3. The molecule has 2 unspecified atom stereocenters. The summed E-state index contributed by atoms with van der Waals surface area (Å²) < 4.78 is 5.27. The molecule has 0 saturated heterocycles. The predicted molar refractivity (Wildman–Crippen MR) is 96.2 cm³/mol. The lowest BCUT2D eigenvalue weighted by atomic mass is 9.93. The third kappa shape index (κ3) is 3.24. The molecule has 1 aliphatic carbocycles. The van der Waals surface area contributed by atoms with Gasteiger partial charge in [0.2, 0.25) is 5.91 Å². The molecule has 1 aromatic heterocycles. The summed E-state index contributed by atoms with van der Waals surface area (Å²) in [4.78, 5) is 27.5. The minimum Gasteiger partial charge on any atom is -0.459 e. The van der Waals surface area contributed by atoms with Crippen LogP contribution in [-0.4, -0.2) is 35.3 Å². The van der Waals surface area contributed by atoms with E-state index in [1.54, 1.807) is 17.0 Å². The molecule has 2 atom stereocenters. The summed E-state index contributed by atoms with van der Waals surface area (Å²) in [6.45, 7) is 0.816. The molecule has 0 radical (unpaired) electrons. The van der Waals surface area contributed by atoms with Crippen molar-refractivity contribution in [2.45, 2.75) is 37.9 Å². The Morgan fingerprint density at radius 1 is 1.19 bits per heavy atom. The Hall–Kier alpha value is -2.60. The minimum absolute atomic E-state index is 0.0137. The Labute approximate surface area is 152 Å². The van der Waals surface area contributed by atoms with Gasteiger partial charge < -0.3 is 20.4 Å². The van der Waals surface area contributed by atoms with Gasteiger partial charge in [-0.3, -0.25) is 9.59 Å². The van der Waals surface area contributed by atoms with Crippen LogP contribution in [0.3, 0.4) is 0 Å². The number of rotatable bonds is 5. The lowest BCUT2D eigenvalue weighted by molar-refractivity contribution is -0.127. The maximum atomic E-state index is 13.0. The summed E-state index contributed by atoms with van der Waals surface area (Å²) in [7, 11) is 0. The van der Waals surface area contributed by atoms with E-state index in [0.717, 1.165) is 24.0 Å². The number of benzene rings is 1. The second-order valence-corrected chi connectivity index (χ2v) is 7.09. The molecule has 0 spiro atoms. The normalized spacial score (nSPS) is 20.3. The quantitative estimate of drug-likeness (QED) is 0.856. The van der Waals surface area contributed by atoms with Gasteiger partial charge in [0.05, 0.1) is 6.26 Å². The zero-order valence-electron chi connectivity index (χ0n) is 14.6. The van der Waals surface area contributed by atoms with Gasteiger partial charge in [-0.2, -0.15) is 0 Å². The molecule has 6 heteroatoms. The van der Waals surface area contributed by atoms with E-state index in [0.29, 0.717) is 25.4 Å². The van der Waals surface area contributed by atoms with Gasteiger partial charge in [-0.25, -0.2) is 0 Å². The fourth-order valence-corrected chi connectivity index (χ4v) is 3.66. The van der Waals surface area contributed by atoms with Crippen molar-refractivity contribution in [3.63, 3.8) is 0 Å². The maximum absolute atomic E-state index is 13.0. The molecule has 1 aliphatic heterocycles. The highest BCUT2D eigenvalue weighted by Crippen LogP contribution is 2.32. The molecule has 3 N–H and O–H groups in total. The molecule has 136 valence electrons. The van der Waals surface area contributed by atoms with Crippen LogP contribution < -0.4 is 11.1 Å². The van der Waals surface area contributed by atoms with Crippen LogP contribution in [0.2, 0.25) is 0 Å². The lowest BCUT2D eigenvalue weighted by Gasteiger charge is -2.36. The molecule has 2 amide bonds. The van der Waals surface area contributed by atoms with Gasteiger partial charge in [-0.15, -0.1) is 0 Å². The van der Waals surface area contributed by atoms with Gasteiger partial charge in [-0.1, -0.05) is 24.3 Å². The third-order valence-electron chi connectivity index (χ3n) is 5.32. The molecule has 4 rings (SSSR count). The fraction of sp³-hybridized carbons (Fsp3) is 0.400. The number of hydrogen-bond acceptors (Lipinski definition) is 4. The minimum atomic E-state index is -0.560. The number of carbonyl (C=O) groups is 2. The standard InChI is InChI=1S/C20H23N3O3/c21-11-16(13-7-8-13)22-19(24)17-10-14-4-1-2-5-15(14)12-23(17)20(25)18-6-3-9-26-18/h1-6,9,13,16-17H,7-8,10-12,21H2,(H,22,24). The van der Waals surface area contributed by atoms with Crippen molar-refractivity contribution in [3.05, 3.63) is 59.5 Å². The van der Waals surface area contributed by atoms with Crippen molar-refractivity contribution in [1.29, 1.82) is 0 Å². The number of nitrogens with two attached hydrogens (primary N) is 1. The summed E-state index contributed by atoms with van der Waals surface area (Å²) in [5, 5.41) is 3.07. The number of hydrogen-bond donors (Lipinski definition) is 2. The first-order valence-electron chi connectivity index (χ1n) is 9.09. The zero-order chi connectivity index (χ0) is 18.1. The number of amides is 2. The van der Waals surface area contributed by atoms with E-state index < -0.39 is 6.04 Å². The lowest BCUT2D eigenvalue weighted by Crippen LogP contribution is -2.55. The monoisotopic (exact) mass is 353 g/mol. The highest BCUT2D eigenvalue weighted by Gasteiger charge is 2.38. The van der Waals surface area contributed by atoms with Gasteiger partial charge in [0.25, 0.3) is 5.91 Å². The van der Waals surface area contributed by atoms with E-state index in [4.69, 9.17) is 10.2 Å². The van der Waals surface area contributed by atoms with Crippen molar-refractivity contribution < 1.29 is 14.0 Å². The van der Waals surface area contributed by atoms with Gasteiger partial charge in [-0.05, 0) is 42.0 Å². The molecule has 1 fully saturated rings. The summed E-state index contributed by atoms with van der Waals surface area (Å²) >= 11 is 0. The zero-order valence-corrected chi connectivity index (χ0v) is 14.6. The Morgan fingerprint density at radius 2 is 1.96 bits per heavy atom. The highest BCUT2D eigenvalue weighted by atomic mass is 16.3. The van der Waals surface area contributed by atoms with Crippen LogP contribution in [0.5, 0.6) is 0 Å². The van der Waals surface area contributed by atoms with Crippen molar-refractivity contribution in [2.75, 3.05) is 6.54 Å². The van der Waals surface area contributed by atoms with Gasteiger partial charge in [0.1, 0.15) is 6.04 Å². The summed E-state index contributed by atoms with van der Waals surface area (Å²) in [6, 6.07) is 10.7. The largest absolute Gasteiger partial charge is 0.459 e. The average molecular weight is 353 g/mol. The van der Waals surface area contributed by atoms with E-state index in [-0.39, 0.29) is 23.6 Å². The van der Waals surface area contributed by atoms with Crippen LogP contribution in [0.15, 0.2) is 47.1 Å². The Bertz CT molecular complexity index is 798. The summed E-state index contributed by atoms with van der Waals surface area (Å²) in [5.41, 5.74) is 8.00.